The summed E-state index contributed by atoms with van der Waals surface area (Å²) in [5.41, 5.74) is 0. The van der Waals surface area contributed by atoms with E-state index in [1.54, 1.807) is 11.8 Å². The molecule has 0 fully saturated rings. The first-order chi connectivity index (χ1) is 7.31. The Morgan fingerprint density at radius 2 is 2.13 bits per heavy atom. The molecule has 0 heterocycles. The monoisotopic (exact) mass is 234 g/mol. The van der Waals surface area contributed by atoms with E-state index in [9.17, 15) is 4.79 Å². The van der Waals surface area contributed by atoms with Crippen LogP contribution in [0.25, 0.3) is 0 Å². The van der Waals surface area contributed by atoms with Crippen LogP contribution in [0, 0.1) is 0 Å². The van der Waals surface area contributed by atoms with Crippen LogP contribution in [0.4, 0.5) is 0 Å². The molecule has 0 aliphatic carbocycles. The maximum Gasteiger partial charge on any atom is 0.233 e. The van der Waals surface area contributed by atoms with Crippen LogP contribution >= 0.6 is 11.8 Å². The number of hydrogen-bond donors (Lipinski definition) is 3. The Morgan fingerprint density at radius 1 is 1.33 bits per heavy atom. The summed E-state index contributed by atoms with van der Waals surface area (Å²) in [5, 5.41) is 14.4. The fourth-order valence-corrected chi connectivity index (χ4v) is 1.77. The molecule has 0 aromatic rings. The molecule has 90 valence electrons. The third-order valence-corrected chi connectivity index (χ3v) is 2.80. The minimum absolute atomic E-state index is 0.0669. The van der Waals surface area contributed by atoms with Crippen molar-refractivity contribution in [1.29, 1.82) is 0 Å². The van der Waals surface area contributed by atoms with Gasteiger partial charge in [0.2, 0.25) is 5.91 Å². The number of aliphatic hydroxyl groups excluding tert-OH is 1. The van der Waals surface area contributed by atoms with Gasteiger partial charge in [0, 0.05) is 25.4 Å². The van der Waals surface area contributed by atoms with Gasteiger partial charge in [-0.1, -0.05) is 6.92 Å². The van der Waals surface area contributed by atoms with Crippen molar-refractivity contribution in [3.05, 3.63) is 0 Å². The van der Waals surface area contributed by atoms with E-state index in [-0.39, 0.29) is 12.5 Å². The van der Waals surface area contributed by atoms with Gasteiger partial charge in [0.25, 0.3) is 0 Å². The fraction of sp³-hybridized carbons (Fsp3) is 0.900. The molecule has 15 heavy (non-hydrogen) atoms. The average Bonchev–Trinajstić information content (AvgIpc) is 2.25. The molecule has 4 nitrogen and oxygen atoms in total. The van der Waals surface area contributed by atoms with Crippen LogP contribution in [0.1, 0.15) is 19.8 Å². The van der Waals surface area contributed by atoms with Crippen molar-refractivity contribution in [2.75, 3.05) is 37.7 Å². The fourth-order valence-electron chi connectivity index (χ4n) is 0.942. The second-order valence-electron chi connectivity index (χ2n) is 3.22. The van der Waals surface area contributed by atoms with Crippen molar-refractivity contribution in [3.63, 3.8) is 0 Å². The normalized spacial score (nSPS) is 10.3. The third-order valence-electron chi connectivity index (χ3n) is 1.73. The molecule has 0 bridgehead atoms. The van der Waals surface area contributed by atoms with Crippen LogP contribution in [-0.2, 0) is 4.79 Å². The van der Waals surface area contributed by atoms with Gasteiger partial charge in [0.15, 0.2) is 0 Å². The molecular formula is C10H22N2O2S. The van der Waals surface area contributed by atoms with Crippen LogP contribution in [0.3, 0.4) is 0 Å². The zero-order valence-corrected chi connectivity index (χ0v) is 10.2. The Balaban J connectivity index is 3.06. The summed E-state index contributed by atoms with van der Waals surface area (Å²) in [4.78, 5) is 11.1. The summed E-state index contributed by atoms with van der Waals surface area (Å²) in [5.74, 6) is 2.04. The molecule has 5 heteroatoms. The molecule has 3 N–H and O–H groups in total. The predicted molar refractivity (Wildman–Crippen MR) is 65.2 cm³/mol. The highest BCUT2D eigenvalue weighted by Gasteiger charge is 1.97. The van der Waals surface area contributed by atoms with Gasteiger partial charge in [-0.25, -0.2) is 0 Å². The molecular weight excluding hydrogens is 212 g/mol. The molecule has 0 aliphatic heterocycles. The number of aliphatic hydroxyl groups is 1. The highest BCUT2D eigenvalue weighted by Crippen LogP contribution is 1.99. The van der Waals surface area contributed by atoms with Gasteiger partial charge < -0.3 is 15.7 Å². The SMILES string of the molecule is CCCNC(=O)CNCCSCCCO. The minimum atomic E-state index is 0.0669. The molecule has 1 amide bonds. The number of rotatable bonds is 10. The molecule has 0 unspecified atom stereocenters. The molecule has 0 rings (SSSR count). The van der Waals surface area contributed by atoms with Crippen LogP contribution in [0.2, 0.25) is 0 Å². The average molecular weight is 234 g/mol. The second kappa shape index (κ2) is 11.8. The van der Waals surface area contributed by atoms with Gasteiger partial charge in [-0.3, -0.25) is 4.79 Å². The Bertz CT molecular complexity index is 156. The molecule has 0 atom stereocenters. The first-order valence-electron chi connectivity index (χ1n) is 5.47. The molecule has 0 saturated heterocycles. The van der Waals surface area contributed by atoms with Gasteiger partial charge in [-0.2, -0.15) is 11.8 Å². The Labute approximate surface area is 96.2 Å². The van der Waals surface area contributed by atoms with Crippen molar-refractivity contribution in [2.45, 2.75) is 19.8 Å². The lowest BCUT2D eigenvalue weighted by molar-refractivity contribution is -0.120. The Morgan fingerprint density at radius 3 is 2.80 bits per heavy atom. The summed E-state index contributed by atoms with van der Waals surface area (Å²) in [6.45, 7) is 4.30. The molecule has 0 aromatic heterocycles. The topological polar surface area (TPSA) is 61.4 Å². The van der Waals surface area contributed by atoms with E-state index in [0.29, 0.717) is 6.54 Å². The number of carbonyl (C=O) groups excluding carboxylic acids is 1. The van der Waals surface area contributed by atoms with Crippen molar-refractivity contribution in [3.8, 4) is 0 Å². The largest absolute Gasteiger partial charge is 0.396 e. The summed E-state index contributed by atoms with van der Waals surface area (Å²) < 4.78 is 0. The Kier molecular flexibility index (Phi) is 11.6. The van der Waals surface area contributed by atoms with Gasteiger partial charge in [0.1, 0.15) is 0 Å². The summed E-state index contributed by atoms with van der Waals surface area (Å²) in [6, 6.07) is 0. The van der Waals surface area contributed by atoms with E-state index in [1.165, 1.54) is 0 Å². The lowest BCUT2D eigenvalue weighted by atomic mass is 10.4. The van der Waals surface area contributed by atoms with Crippen LogP contribution in [-0.4, -0.2) is 48.8 Å². The molecule has 0 spiro atoms. The number of carbonyl (C=O) groups is 1. The van der Waals surface area contributed by atoms with E-state index < -0.39 is 0 Å². The molecule has 0 saturated carbocycles. The first-order valence-corrected chi connectivity index (χ1v) is 6.62. The van der Waals surface area contributed by atoms with Crippen molar-refractivity contribution >= 4 is 17.7 Å². The van der Waals surface area contributed by atoms with Crippen molar-refractivity contribution < 1.29 is 9.90 Å². The maximum atomic E-state index is 11.1. The third kappa shape index (κ3) is 11.7. The number of amides is 1. The van der Waals surface area contributed by atoms with Crippen LogP contribution < -0.4 is 10.6 Å². The maximum absolute atomic E-state index is 11.1. The summed E-state index contributed by atoms with van der Waals surface area (Å²) >= 11 is 1.79. The number of thioether (sulfide) groups is 1. The second-order valence-corrected chi connectivity index (χ2v) is 4.44. The van der Waals surface area contributed by atoms with E-state index in [2.05, 4.69) is 10.6 Å². The first kappa shape index (κ1) is 14.7. The smallest absolute Gasteiger partial charge is 0.233 e. The number of nitrogens with one attached hydrogen (secondary N) is 2. The highest BCUT2D eigenvalue weighted by molar-refractivity contribution is 7.99. The van der Waals surface area contributed by atoms with E-state index >= 15 is 0 Å². The molecule has 0 radical (unpaired) electrons. The molecule has 0 aliphatic rings. The summed E-state index contributed by atoms with van der Waals surface area (Å²) in [7, 11) is 0. The lowest BCUT2D eigenvalue weighted by Gasteiger charge is -2.05. The van der Waals surface area contributed by atoms with Crippen LogP contribution in [0.5, 0.6) is 0 Å². The van der Waals surface area contributed by atoms with E-state index in [0.717, 1.165) is 37.4 Å². The van der Waals surface area contributed by atoms with Gasteiger partial charge in [0.05, 0.1) is 6.54 Å². The standard InChI is InChI=1S/C10H22N2O2S/c1-2-4-12-10(14)9-11-5-8-15-7-3-6-13/h11,13H,2-9H2,1H3,(H,12,14). The van der Waals surface area contributed by atoms with E-state index in [1.807, 2.05) is 6.92 Å². The Hall–Kier alpha value is -0.260. The van der Waals surface area contributed by atoms with Crippen molar-refractivity contribution in [2.24, 2.45) is 0 Å². The minimum Gasteiger partial charge on any atom is -0.396 e. The quantitative estimate of drug-likeness (QED) is 0.473. The van der Waals surface area contributed by atoms with Crippen LogP contribution in [0.15, 0.2) is 0 Å². The van der Waals surface area contributed by atoms with Gasteiger partial charge >= 0.3 is 0 Å². The predicted octanol–water partition coefficient (Wildman–Crippen LogP) is 0.218. The van der Waals surface area contributed by atoms with Crippen molar-refractivity contribution in [1.82, 2.24) is 10.6 Å². The zero-order valence-electron chi connectivity index (χ0n) is 9.42. The number of hydrogen-bond acceptors (Lipinski definition) is 4. The summed E-state index contributed by atoms with van der Waals surface area (Å²) in [6.07, 6.45) is 1.82. The van der Waals surface area contributed by atoms with Gasteiger partial charge in [-0.05, 0) is 18.6 Å². The van der Waals surface area contributed by atoms with E-state index in [4.69, 9.17) is 5.11 Å². The lowest BCUT2D eigenvalue weighted by Crippen LogP contribution is -2.35. The zero-order chi connectivity index (χ0) is 11.4. The molecule has 0 aromatic carbocycles. The highest BCUT2D eigenvalue weighted by atomic mass is 32.2. The van der Waals surface area contributed by atoms with Gasteiger partial charge in [-0.15, -0.1) is 0 Å².